The van der Waals surface area contributed by atoms with Crippen LogP contribution in [0, 0.1) is 10.1 Å². The second-order valence-electron chi connectivity index (χ2n) is 5.58. The number of aromatic hydroxyl groups is 1. The highest BCUT2D eigenvalue weighted by molar-refractivity contribution is 9.10. The van der Waals surface area contributed by atoms with Gasteiger partial charge in [0, 0.05) is 36.0 Å². The molecular formula is C18H18BrN3O4. The Hall–Kier alpha value is -2.74. The van der Waals surface area contributed by atoms with Crippen LogP contribution in [0.4, 0.5) is 17.1 Å². The molecule has 0 spiro atoms. The number of halogens is 1. The average molecular weight is 420 g/mol. The molecule has 0 fully saturated rings. The van der Waals surface area contributed by atoms with E-state index in [1.165, 1.54) is 18.3 Å². The molecule has 0 atom stereocenters. The zero-order valence-electron chi connectivity index (χ0n) is 14.1. The van der Waals surface area contributed by atoms with E-state index in [0.29, 0.717) is 17.8 Å². The first-order valence-corrected chi connectivity index (χ1v) is 8.81. The Labute approximate surface area is 159 Å². The summed E-state index contributed by atoms with van der Waals surface area (Å²) in [6.45, 7) is 2.02. The minimum atomic E-state index is -0.548. The van der Waals surface area contributed by atoms with Crippen molar-refractivity contribution in [3.8, 4) is 5.75 Å². The molecule has 0 aliphatic rings. The van der Waals surface area contributed by atoms with Crippen molar-refractivity contribution >= 4 is 45.1 Å². The summed E-state index contributed by atoms with van der Waals surface area (Å²) in [7, 11) is 0. The van der Waals surface area contributed by atoms with Crippen LogP contribution in [0.5, 0.6) is 5.75 Å². The molecule has 0 saturated heterocycles. The van der Waals surface area contributed by atoms with Crippen molar-refractivity contribution in [3.63, 3.8) is 0 Å². The van der Waals surface area contributed by atoms with E-state index in [1.807, 2.05) is 6.92 Å². The first-order chi connectivity index (χ1) is 12.4. The van der Waals surface area contributed by atoms with Gasteiger partial charge in [0.2, 0.25) is 5.91 Å². The molecule has 2 N–H and O–H groups in total. The Bertz CT molecular complexity index is 852. The lowest BCUT2D eigenvalue weighted by molar-refractivity contribution is -0.385. The van der Waals surface area contributed by atoms with Crippen molar-refractivity contribution in [3.05, 3.63) is 56.5 Å². The van der Waals surface area contributed by atoms with Gasteiger partial charge in [0.25, 0.3) is 5.69 Å². The molecule has 7 nitrogen and oxygen atoms in total. The van der Waals surface area contributed by atoms with Crippen molar-refractivity contribution in [2.24, 2.45) is 4.99 Å². The van der Waals surface area contributed by atoms with Crippen LogP contribution in [0.2, 0.25) is 0 Å². The van der Waals surface area contributed by atoms with Gasteiger partial charge in [-0.25, -0.2) is 0 Å². The number of nitrogens with zero attached hydrogens (tertiary/aromatic N) is 2. The van der Waals surface area contributed by atoms with Gasteiger partial charge < -0.3 is 10.4 Å². The summed E-state index contributed by atoms with van der Waals surface area (Å²) in [6, 6.07) is 9.36. The molecule has 0 radical (unpaired) electrons. The van der Waals surface area contributed by atoms with Crippen molar-refractivity contribution in [1.82, 2.24) is 0 Å². The van der Waals surface area contributed by atoms with Crippen LogP contribution in [0.3, 0.4) is 0 Å². The highest BCUT2D eigenvalue weighted by Gasteiger charge is 2.13. The molecule has 2 rings (SSSR count). The quantitative estimate of drug-likeness (QED) is 0.376. The number of nitro groups is 1. The maximum atomic E-state index is 11.8. The highest BCUT2D eigenvalue weighted by Crippen LogP contribution is 2.32. The van der Waals surface area contributed by atoms with Gasteiger partial charge in [-0.05, 0) is 40.5 Å². The van der Waals surface area contributed by atoms with Crippen LogP contribution >= 0.6 is 15.9 Å². The molecule has 0 unspecified atom stereocenters. The summed E-state index contributed by atoms with van der Waals surface area (Å²) in [4.78, 5) is 26.4. The van der Waals surface area contributed by atoms with E-state index >= 15 is 0 Å². The number of rotatable bonds is 7. The summed E-state index contributed by atoms with van der Waals surface area (Å²) in [5, 5.41) is 23.8. The number of hydrogen-bond donors (Lipinski definition) is 2. The normalized spacial score (nSPS) is 10.8. The van der Waals surface area contributed by atoms with Gasteiger partial charge in [0.15, 0.2) is 0 Å². The number of unbranched alkanes of at least 4 members (excludes halogenated alkanes) is 1. The number of benzene rings is 2. The van der Waals surface area contributed by atoms with Crippen molar-refractivity contribution in [1.29, 1.82) is 0 Å². The third-order valence-electron chi connectivity index (χ3n) is 3.53. The van der Waals surface area contributed by atoms with E-state index in [0.717, 1.165) is 12.8 Å². The molecule has 0 aliphatic heterocycles. The molecule has 1 amide bonds. The largest absolute Gasteiger partial charge is 0.506 e. The molecule has 26 heavy (non-hydrogen) atoms. The fourth-order valence-corrected chi connectivity index (χ4v) is 2.64. The molecular weight excluding hydrogens is 402 g/mol. The molecule has 0 aliphatic carbocycles. The number of carbonyl (C=O) groups excluding carboxylic acids is 1. The van der Waals surface area contributed by atoms with Crippen LogP contribution < -0.4 is 5.32 Å². The van der Waals surface area contributed by atoms with Gasteiger partial charge in [0.1, 0.15) is 5.75 Å². The van der Waals surface area contributed by atoms with Gasteiger partial charge in [-0.2, -0.15) is 0 Å². The number of phenols is 1. The minimum Gasteiger partial charge on any atom is -0.506 e. The van der Waals surface area contributed by atoms with Crippen LogP contribution in [0.15, 0.2) is 45.9 Å². The second kappa shape index (κ2) is 9.10. The Morgan fingerprint density at radius 1 is 1.38 bits per heavy atom. The molecule has 0 saturated carbocycles. The third-order valence-corrected chi connectivity index (χ3v) is 4.13. The van der Waals surface area contributed by atoms with Gasteiger partial charge in [-0.15, -0.1) is 0 Å². The second-order valence-corrected chi connectivity index (χ2v) is 6.44. The lowest BCUT2D eigenvalue weighted by atomic mass is 10.2. The Kier molecular flexibility index (Phi) is 6.85. The first kappa shape index (κ1) is 19.6. The SMILES string of the molecule is CCCCC(=O)Nc1cccc(N=Cc2cc([N+](=O)[O-])cc(Br)c2O)c1. The Morgan fingerprint density at radius 3 is 2.85 bits per heavy atom. The molecule has 0 bridgehead atoms. The number of aliphatic imine (C=N–C) groups is 1. The number of carbonyl (C=O) groups is 1. The standard InChI is InChI=1S/C18H18BrN3O4/c1-2-3-7-17(23)21-14-6-4-5-13(9-14)20-11-12-8-15(22(25)26)10-16(19)18(12)24/h4-6,8-11,24H,2-3,7H2,1H3,(H,21,23). The fourth-order valence-electron chi connectivity index (χ4n) is 2.18. The number of anilines is 1. The number of amides is 1. The van der Waals surface area contributed by atoms with Crippen LogP contribution in [0.1, 0.15) is 31.7 Å². The lowest BCUT2D eigenvalue weighted by Crippen LogP contribution is -2.10. The predicted octanol–water partition coefficient (Wildman–Crippen LogP) is 4.94. The number of nitro benzene ring substituents is 1. The summed E-state index contributed by atoms with van der Waals surface area (Å²) >= 11 is 3.09. The maximum Gasteiger partial charge on any atom is 0.271 e. The van der Waals surface area contributed by atoms with E-state index in [2.05, 4.69) is 26.2 Å². The fraction of sp³-hybridized carbons (Fsp3) is 0.222. The summed E-state index contributed by atoms with van der Waals surface area (Å²) < 4.78 is 0.213. The maximum absolute atomic E-state index is 11.8. The number of hydrogen-bond acceptors (Lipinski definition) is 5. The molecule has 2 aromatic carbocycles. The molecule has 136 valence electrons. The van der Waals surface area contributed by atoms with E-state index in [1.54, 1.807) is 24.3 Å². The molecule has 2 aromatic rings. The highest BCUT2D eigenvalue weighted by atomic mass is 79.9. The monoisotopic (exact) mass is 419 g/mol. The van der Waals surface area contributed by atoms with Crippen LogP contribution in [-0.4, -0.2) is 22.2 Å². The third kappa shape index (κ3) is 5.38. The van der Waals surface area contributed by atoms with Gasteiger partial charge in [-0.3, -0.25) is 19.9 Å². The zero-order valence-corrected chi connectivity index (χ0v) is 15.7. The van der Waals surface area contributed by atoms with E-state index in [-0.39, 0.29) is 27.4 Å². The Morgan fingerprint density at radius 2 is 2.15 bits per heavy atom. The summed E-state index contributed by atoms with van der Waals surface area (Å²) in [5.74, 6) is -0.198. The average Bonchev–Trinajstić information content (AvgIpc) is 2.61. The van der Waals surface area contributed by atoms with Crippen LogP contribution in [-0.2, 0) is 4.79 Å². The topological polar surface area (TPSA) is 105 Å². The van der Waals surface area contributed by atoms with E-state index in [9.17, 15) is 20.0 Å². The number of phenolic OH excluding ortho intramolecular Hbond substituents is 1. The van der Waals surface area contributed by atoms with Gasteiger partial charge in [0.05, 0.1) is 15.1 Å². The minimum absolute atomic E-state index is 0.0618. The number of nitrogens with one attached hydrogen (secondary N) is 1. The lowest BCUT2D eigenvalue weighted by Gasteiger charge is -2.05. The van der Waals surface area contributed by atoms with E-state index in [4.69, 9.17) is 0 Å². The van der Waals surface area contributed by atoms with Gasteiger partial charge in [-0.1, -0.05) is 19.4 Å². The smallest absolute Gasteiger partial charge is 0.271 e. The molecule has 0 heterocycles. The van der Waals surface area contributed by atoms with Crippen LogP contribution in [0.25, 0.3) is 0 Å². The van der Waals surface area contributed by atoms with Crippen molar-refractivity contribution in [2.75, 3.05) is 5.32 Å². The summed E-state index contributed by atoms with van der Waals surface area (Å²) in [6.07, 6.45) is 3.56. The van der Waals surface area contributed by atoms with Gasteiger partial charge >= 0.3 is 0 Å². The zero-order chi connectivity index (χ0) is 19.1. The first-order valence-electron chi connectivity index (χ1n) is 8.01. The predicted molar refractivity (Wildman–Crippen MR) is 104 cm³/mol. The van der Waals surface area contributed by atoms with Crippen molar-refractivity contribution < 1.29 is 14.8 Å². The molecule has 0 aromatic heterocycles. The number of non-ortho nitro benzene ring substituents is 1. The summed E-state index contributed by atoms with van der Waals surface area (Å²) in [5.41, 5.74) is 1.21. The molecule has 8 heteroatoms. The van der Waals surface area contributed by atoms with Crippen molar-refractivity contribution in [2.45, 2.75) is 26.2 Å². The van der Waals surface area contributed by atoms with E-state index < -0.39 is 4.92 Å². The Balaban J connectivity index is 2.20.